The van der Waals surface area contributed by atoms with Crippen molar-refractivity contribution in [3.8, 4) is 11.1 Å². The van der Waals surface area contributed by atoms with Crippen LogP contribution in [0, 0.1) is 0 Å². The van der Waals surface area contributed by atoms with Crippen molar-refractivity contribution < 1.29 is 13.2 Å². The molecule has 0 saturated carbocycles. The first kappa shape index (κ1) is 18.2. The first-order valence-electron chi connectivity index (χ1n) is 9.27. The van der Waals surface area contributed by atoms with Crippen LogP contribution in [0.4, 0.5) is 11.4 Å². The van der Waals surface area contributed by atoms with Gasteiger partial charge in [-0.2, -0.15) is 0 Å². The van der Waals surface area contributed by atoms with E-state index in [1.165, 1.54) is 4.31 Å². The van der Waals surface area contributed by atoms with Crippen LogP contribution in [0.5, 0.6) is 0 Å². The van der Waals surface area contributed by atoms with Crippen LogP contribution in [-0.2, 0) is 21.2 Å². The Bertz CT molecular complexity index is 1260. The van der Waals surface area contributed by atoms with Crippen LogP contribution < -0.4 is 9.21 Å². The van der Waals surface area contributed by atoms with Gasteiger partial charge in [0, 0.05) is 28.4 Å². The van der Waals surface area contributed by atoms with E-state index < -0.39 is 10.0 Å². The number of para-hydroxylation sites is 1. The Balaban J connectivity index is 1.58. The summed E-state index contributed by atoms with van der Waals surface area (Å²) in [4.78, 5) is 15.0. The molecular formula is C22H17ClN2O3S. The van der Waals surface area contributed by atoms with Crippen LogP contribution in [0.15, 0.2) is 71.6 Å². The molecule has 29 heavy (non-hydrogen) atoms. The maximum Gasteiger partial charge on any atom is 0.265 e. The molecule has 0 unspecified atom stereocenters. The van der Waals surface area contributed by atoms with E-state index in [0.29, 0.717) is 28.4 Å². The molecule has 0 N–H and O–H groups in total. The lowest BCUT2D eigenvalue weighted by Gasteiger charge is -2.32. The van der Waals surface area contributed by atoms with Crippen molar-refractivity contribution in [3.05, 3.63) is 77.3 Å². The number of sulfonamides is 1. The van der Waals surface area contributed by atoms with Gasteiger partial charge in [0.1, 0.15) is 6.54 Å². The normalized spacial score (nSPS) is 16.2. The van der Waals surface area contributed by atoms with Crippen LogP contribution in [0.1, 0.15) is 5.56 Å². The van der Waals surface area contributed by atoms with Gasteiger partial charge in [-0.1, -0.05) is 48.0 Å². The molecule has 0 spiro atoms. The number of hydrogen-bond acceptors (Lipinski definition) is 3. The predicted octanol–water partition coefficient (Wildman–Crippen LogP) is 4.11. The molecule has 3 aromatic rings. The third kappa shape index (κ3) is 2.82. The highest BCUT2D eigenvalue weighted by molar-refractivity contribution is 7.93. The summed E-state index contributed by atoms with van der Waals surface area (Å²) in [6.45, 7) is 0.287. The number of halogens is 1. The maximum atomic E-state index is 13.4. The Morgan fingerprint density at radius 3 is 2.55 bits per heavy atom. The molecule has 146 valence electrons. The molecule has 0 bridgehead atoms. The number of amides is 1. The summed E-state index contributed by atoms with van der Waals surface area (Å²) < 4.78 is 27.9. The van der Waals surface area contributed by atoms with Crippen molar-refractivity contribution in [2.24, 2.45) is 0 Å². The van der Waals surface area contributed by atoms with Gasteiger partial charge in [0.15, 0.2) is 0 Å². The van der Waals surface area contributed by atoms with E-state index in [2.05, 4.69) is 0 Å². The average Bonchev–Trinajstić information content (AvgIpc) is 3.15. The number of benzene rings is 3. The van der Waals surface area contributed by atoms with E-state index in [1.54, 1.807) is 47.4 Å². The molecule has 5 rings (SSSR count). The number of anilines is 2. The highest BCUT2D eigenvalue weighted by atomic mass is 35.5. The van der Waals surface area contributed by atoms with Gasteiger partial charge in [-0.05, 0) is 42.3 Å². The number of fused-ring (bicyclic) bond motifs is 4. The molecule has 7 heteroatoms. The molecule has 2 aliphatic heterocycles. The largest absolute Gasteiger partial charge is 0.310 e. The second kappa shape index (κ2) is 6.61. The third-order valence-corrected chi connectivity index (χ3v) is 7.49. The minimum atomic E-state index is -3.87. The summed E-state index contributed by atoms with van der Waals surface area (Å²) in [6.07, 6.45) is 0.768. The highest BCUT2D eigenvalue weighted by Gasteiger charge is 2.37. The van der Waals surface area contributed by atoms with E-state index >= 15 is 0 Å². The molecule has 0 aromatic heterocycles. The van der Waals surface area contributed by atoms with Crippen LogP contribution >= 0.6 is 11.6 Å². The summed E-state index contributed by atoms with van der Waals surface area (Å²) in [5, 5.41) is 0.512. The van der Waals surface area contributed by atoms with Crippen LogP contribution in [0.3, 0.4) is 0 Å². The van der Waals surface area contributed by atoms with Crippen molar-refractivity contribution in [1.29, 1.82) is 0 Å². The van der Waals surface area contributed by atoms with Gasteiger partial charge in [0.05, 0.1) is 10.6 Å². The maximum absolute atomic E-state index is 13.4. The topological polar surface area (TPSA) is 57.7 Å². The number of carbonyl (C=O) groups excluding carboxylic acids is 1. The molecule has 1 amide bonds. The molecule has 0 fully saturated rings. The average molecular weight is 425 g/mol. The third-order valence-electron chi connectivity index (χ3n) is 5.44. The summed E-state index contributed by atoms with van der Waals surface area (Å²) in [5.74, 6) is -0.251. The molecule has 0 saturated heterocycles. The van der Waals surface area contributed by atoms with E-state index in [1.807, 2.05) is 24.3 Å². The Morgan fingerprint density at radius 1 is 0.931 bits per heavy atom. The van der Waals surface area contributed by atoms with Gasteiger partial charge in [0.2, 0.25) is 5.91 Å². The van der Waals surface area contributed by atoms with E-state index in [0.717, 1.165) is 17.7 Å². The molecular weight excluding hydrogens is 408 g/mol. The van der Waals surface area contributed by atoms with Gasteiger partial charge in [0.25, 0.3) is 10.0 Å². The standard InChI is InChI=1S/C22H17ClN2O3S/c23-16-9-10-20-18(13-16)17-6-2-4-8-21(17)29(27,28)25(20)14-22(26)24-12-11-15-5-1-3-7-19(15)24/h1-10,13H,11-12,14H2. The van der Waals surface area contributed by atoms with Crippen LogP contribution in [0.25, 0.3) is 11.1 Å². The summed E-state index contributed by atoms with van der Waals surface area (Å²) in [7, 11) is -3.87. The second-order valence-electron chi connectivity index (χ2n) is 7.09. The summed E-state index contributed by atoms with van der Waals surface area (Å²) in [5.41, 5.74) is 3.72. The molecule has 5 nitrogen and oxygen atoms in total. The van der Waals surface area contributed by atoms with Gasteiger partial charge in [-0.15, -0.1) is 0 Å². The molecule has 2 heterocycles. The molecule has 0 radical (unpaired) electrons. The summed E-state index contributed by atoms with van der Waals surface area (Å²) in [6, 6.07) is 19.6. The number of carbonyl (C=O) groups is 1. The predicted molar refractivity (Wildman–Crippen MR) is 114 cm³/mol. The monoisotopic (exact) mass is 424 g/mol. The lowest BCUT2D eigenvalue weighted by Crippen LogP contribution is -2.44. The van der Waals surface area contributed by atoms with Gasteiger partial charge in [-0.25, -0.2) is 8.42 Å². The lowest BCUT2D eigenvalue weighted by molar-refractivity contribution is -0.117. The highest BCUT2D eigenvalue weighted by Crippen LogP contribution is 2.44. The smallest absolute Gasteiger partial charge is 0.265 e. The fourth-order valence-electron chi connectivity index (χ4n) is 4.08. The first-order valence-corrected chi connectivity index (χ1v) is 11.1. The Kier molecular flexibility index (Phi) is 4.15. The zero-order valence-electron chi connectivity index (χ0n) is 15.4. The molecule has 2 aliphatic rings. The zero-order valence-corrected chi connectivity index (χ0v) is 16.9. The minimum absolute atomic E-state index is 0.185. The van der Waals surface area contributed by atoms with E-state index in [9.17, 15) is 13.2 Å². The zero-order chi connectivity index (χ0) is 20.2. The molecule has 0 atom stereocenters. The van der Waals surface area contributed by atoms with Gasteiger partial charge < -0.3 is 4.90 Å². The fraction of sp³-hybridized carbons (Fsp3) is 0.136. The summed E-state index contributed by atoms with van der Waals surface area (Å²) >= 11 is 6.18. The van der Waals surface area contributed by atoms with Crippen molar-refractivity contribution in [2.75, 3.05) is 22.3 Å². The lowest BCUT2D eigenvalue weighted by atomic mass is 10.0. The molecule has 0 aliphatic carbocycles. The fourth-order valence-corrected chi connectivity index (χ4v) is 5.89. The second-order valence-corrected chi connectivity index (χ2v) is 9.36. The van der Waals surface area contributed by atoms with Crippen molar-refractivity contribution >= 4 is 38.9 Å². The van der Waals surface area contributed by atoms with Crippen LogP contribution in [-0.4, -0.2) is 27.4 Å². The van der Waals surface area contributed by atoms with E-state index in [-0.39, 0.29) is 17.3 Å². The van der Waals surface area contributed by atoms with Gasteiger partial charge in [-0.3, -0.25) is 9.10 Å². The van der Waals surface area contributed by atoms with E-state index in [4.69, 9.17) is 11.6 Å². The van der Waals surface area contributed by atoms with Crippen LogP contribution in [0.2, 0.25) is 5.02 Å². The Labute approximate surface area is 174 Å². The Hall–Kier alpha value is -2.83. The quantitative estimate of drug-likeness (QED) is 0.622. The van der Waals surface area contributed by atoms with Gasteiger partial charge >= 0.3 is 0 Å². The molecule has 3 aromatic carbocycles. The number of hydrogen-bond donors (Lipinski definition) is 0. The first-order chi connectivity index (χ1) is 14.0. The Morgan fingerprint density at radius 2 is 1.69 bits per heavy atom. The number of rotatable bonds is 2. The number of nitrogens with zero attached hydrogens (tertiary/aromatic N) is 2. The van der Waals surface area contributed by atoms with Crippen molar-refractivity contribution in [2.45, 2.75) is 11.3 Å². The SMILES string of the molecule is O=C(CN1c2ccc(Cl)cc2-c2ccccc2S1(=O)=O)N1CCc2ccccc21. The van der Waals surface area contributed by atoms with Crippen molar-refractivity contribution in [1.82, 2.24) is 0 Å². The van der Waals surface area contributed by atoms with Crippen molar-refractivity contribution in [3.63, 3.8) is 0 Å². The minimum Gasteiger partial charge on any atom is -0.310 e.